The van der Waals surface area contributed by atoms with Gasteiger partial charge in [0.25, 0.3) is 11.5 Å². The number of benzene rings is 2. The van der Waals surface area contributed by atoms with Crippen LogP contribution in [0.5, 0.6) is 5.75 Å². The Hall–Kier alpha value is -4.56. The van der Waals surface area contributed by atoms with Crippen LogP contribution in [0.3, 0.4) is 0 Å². The number of hydrogen-bond donors (Lipinski definition) is 0. The predicted octanol–water partition coefficient (Wildman–Crippen LogP) is 5.87. The number of halogens is 3. The normalized spacial score (nSPS) is 12.1. The highest BCUT2D eigenvalue weighted by molar-refractivity contribution is 6.76. The Labute approximate surface area is 266 Å². The van der Waals surface area contributed by atoms with Crippen LogP contribution in [0.1, 0.15) is 10.4 Å². The molecule has 0 unspecified atom stereocenters. The van der Waals surface area contributed by atoms with Crippen molar-refractivity contribution in [2.45, 2.75) is 31.9 Å². The molecule has 14 heteroatoms. The van der Waals surface area contributed by atoms with Crippen LogP contribution >= 0.6 is 0 Å². The van der Waals surface area contributed by atoms with E-state index >= 15 is 0 Å². The molecular formula is C32H37F3N6O4Si. The molecule has 1 amide bonds. The summed E-state index contributed by atoms with van der Waals surface area (Å²) in [6.45, 7) is 5.03. The molecule has 46 heavy (non-hydrogen) atoms. The van der Waals surface area contributed by atoms with Crippen molar-refractivity contribution in [1.29, 1.82) is 0 Å². The Morgan fingerprint density at radius 3 is 2.33 bits per heavy atom. The minimum Gasteiger partial charge on any atom is -0.497 e. The lowest BCUT2D eigenvalue weighted by atomic mass is 10.0. The van der Waals surface area contributed by atoms with E-state index in [1.165, 1.54) is 36.3 Å². The molecule has 0 N–H and O–H groups in total. The lowest BCUT2D eigenvalue weighted by Gasteiger charge is -2.25. The summed E-state index contributed by atoms with van der Waals surface area (Å²) in [5, 5.41) is 0.413. The van der Waals surface area contributed by atoms with E-state index in [0.29, 0.717) is 34.6 Å². The fraction of sp³-hybridized carbons (Fsp3) is 0.344. The minimum absolute atomic E-state index is 0.124. The van der Waals surface area contributed by atoms with Crippen molar-refractivity contribution in [2.24, 2.45) is 4.99 Å². The number of nitrogens with zero attached hydrogens (tertiary/aromatic N) is 6. The van der Waals surface area contributed by atoms with Gasteiger partial charge in [-0.05, 0) is 48.0 Å². The van der Waals surface area contributed by atoms with Crippen molar-refractivity contribution < 1.29 is 27.4 Å². The maximum atomic E-state index is 14.1. The number of carbonyl (C=O) groups is 1. The second-order valence-electron chi connectivity index (χ2n) is 12.1. The first-order chi connectivity index (χ1) is 21.6. The first kappa shape index (κ1) is 34.3. The van der Waals surface area contributed by atoms with Crippen LogP contribution in [0.2, 0.25) is 25.7 Å². The van der Waals surface area contributed by atoms with E-state index in [1.54, 1.807) is 61.6 Å². The van der Waals surface area contributed by atoms with Crippen LogP contribution in [0, 0.1) is 0 Å². The summed E-state index contributed by atoms with van der Waals surface area (Å²) < 4.78 is 53.3. The average molecular weight is 655 g/mol. The van der Waals surface area contributed by atoms with E-state index in [1.807, 2.05) is 0 Å². The topological polar surface area (TPSA) is 102 Å². The molecule has 0 saturated heterocycles. The molecule has 0 bridgehead atoms. The van der Waals surface area contributed by atoms with E-state index < -0.39 is 32.3 Å². The molecule has 0 aliphatic rings. The van der Waals surface area contributed by atoms with Gasteiger partial charge in [-0.15, -0.1) is 0 Å². The van der Waals surface area contributed by atoms with Crippen LogP contribution in [0.25, 0.3) is 27.7 Å². The molecule has 4 aromatic rings. The second kappa shape index (κ2) is 14.2. The molecule has 2 heterocycles. The fourth-order valence-electron chi connectivity index (χ4n) is 4.41. The van der Waals surface area contributed by atoms with Gasteiger partial charge in [0.1, 0.15) is 19.0 Å². The maximum Gasteiger partial charge on any atom is 0.406 e. The zero-order valence-corrected chi connectivity index (χ0v) is 27.6. The van der Waals surface area contributed by atoms with Crippen LogP contribution < -0.4 is 15.2 Å². The van der Waals surface area contributed by atoms with Crippen molar-refractivity contribution >= 4 is 37.2 Å². The number of alkyl halides is 3. The molecule has 0 fully saturated rings. The van der Waals surface area contributed by atoms with Crippen LogP contribution in [0.4, 0.5) is 19.1 Å². The number of aliphatic imine (C=N–C) groups is 1. The Balaban J connectivity index is 1.85. The predicted molar refractivity (Wildman–Crippen MR) is 176 cm³/mol. The fourth-order valence-corrected chi connectivity index (χ4v) is 5.17. The summed E-state index contributed by atoms with van der Waals surface area (Å²) in [5.41, 5.74) is 1.03. The number of methoxy groups -OCH3 is 1. The number of pyridine rings is 1. The summed E-state index contributed by atoms with van der Waals surface area (Å²) in [6.07, 6.45) is -0.244. The number of anilines is 1. The molecule has 244 valence electrons. The van der Waals surface area contributed by atoms with Crippen molar-refractivity contribution in [3.63, 3.8) is 0 Å². The Morgan fingerprint density at radius 1 is 1.07 bits per heavy atom. The molecular weight excluding hydrogens is 617 g/mol. The number of ether oxygens (including phenoxy) is 2. The van der Waals surface area contributed by atoms with Gasteiger partial charge in [-0.2, -0.15) is 18.2 Å². The highest BCUT2D eigenvalue weighted by Crippen LogP contribution is 2.28. The standard InChI is InChI=1S/C32H37F3N6O4Si/c1-39(2)20-37-29(42)23-9-7-22(8-10-23)27-28-24(18-41(30(27)43)25-11-13-26(44-3)14-12-25)17-36-31(38-28)40(19-32(33,34)35)21-45-15-16-46(4,5)6/h7-14,17-18,20H,15-16,19,21H2,1-6H3/b37-20-. The van der Waals surface area contributed by atoms with E-state index in [4.69, 9.17) is 9.47 Å². The van der Waals surface area contributed by atoms with Gasteiger partial charge in [0.05, 0.1) is 24.5 Å². The smallest absolute Gasteiger partial charge is 0.406 e. The molecule has 10 nitrogen and oxygen atoms in total. The average Bonchev–Trinajstić information content (AvgIpc) is 3.00. The monoisotopic (exact) mass is 654 g/mol. The molecule has 0 aliphatic carbocycles. The highest BCUT2D eigenvalue weighted by Gasteiger charge is 2.32. The third-order valence-electron chi connectivity index (χ3n) is 6.82. The third-order valence-corrected chi connectivity index (χ3v) is 8.52. The van der Waals surface area contributed by atoms with Crippen molar-refractivity contribution in [3.05, 3.63) is 76.8 Å². The largest absolute Gasteiger partial charge is 0.497 e. The quantitative estimate of drug-likeness (QED) is 0.0615. The summed E-state index contributed by atoms with van der Waals surface area (Å²) in [7, 11) is 3.53. The van der Waals surface area contributed by atoms with Gasteiger partial charge in [-0.1, -0.05) is 31.8 Å². The lowest BCUT2D eigenvalue weighted by molar-refractivity contribution is -0.122. The summed E-state index contributed by atoms with van der Waals surface area (Å²) in [4.78, 5) is 41.8. The molecule has 0 atom stereocenters. The Morgan fingerprint density at radius 2 is 1.74 bits per heavy atom. The lowest BCUT2D eigenvalue weighted by Crippen LogP contribution is -2.37. The van der Waals surface area contributed by atoms with Gasteiger partial charge in [0.15, 0.2) is 0 Å². The number of aromatic nitrogens is 3. The maximum absolute atomic E-state index is 14.1. The number of carbonyl (C=O) groups excluding carboxylic acids is 1. The van der Waals surface area contributed by atoms with Gasteiger partial charge in [0, 0.05) is 57.8 Å². The van der Waals surface area contributed by atoms with E-state index in [2.05, 4.69) is 34.6 Å². The molecule has 0 radical (unpaired) electrons. The number of fused-ring (bicyclic) bond motifs is 1. The minimum atomic E-state index is -4.56. The van der Waals surface area contributed by atoms with Gasteiger partial charge < -0.3 is 19.3 Å². The third kappa shape index (κ3) is 9.01. The first-order valence-electron chi connectivity index (χ1n) is 14.5. The van der Waals surface area contributed by atoms with Crippen LogP contribution in [-0.4, -0.2) is 87.0 Å². The van der Waals surface area contributed by atoms with E-state index in [0.717, 1.165) is 10.9 Å². The molecule has 0 aliphatic heterocycles. The highest BCUT2D eigenvalue weighted by atomic mass is 28.3. The van der Waals surface area contributed by atoms with Crippen molar-refractivity contribution in [2.75, 3.05) is 46.0 Å². The summed E-state index contributed by atoms with van der Waals surface area (Å²) in [6, 6.07) is 13.8. The summed E-state index contributed by atoms with van der Waals surface area (Å²) >= 11 is 0. The Bertz CT molecular complexity index is 1750. The summed E-state index contributed by atoms with van der Waals surface area (Å²) in [5.74, 6) is -0.111. The van der Waals surface area contributed by atoms with Gasteiger partial charge >= 0.3 is 6.18 Å². The zero-order chi connectivity index (χ0) is 33.6. The van der Waals surface area contributed by atoms with Crippen molar-refractivity contribution in [3.8, 4) is 22.6 Å². The van der Waals surface area contributed by atoms with Crippen LogP contribution in [-0.2, 0) is 4.74 Å². The Kier molecular flexibility index (Phi) is 10.6. The molecule has 0 saturated carbocycles. The molecule has 0 spiro atoms. The first-order valence-corrected chi connectivity index (χ1v) is 18.2. The molecule has 4 rings (SSSR count). The number of amides is 1. The van der Waals surface area contributed by atoms with E-state index in [-0.39, 0.29) is 23.8 Å². The van der Waals surface area contributed by atoms with Gasteiger partial charge in [0.2, 0.25) is 5.95 Å². The van der Waals surface area contributed by atoms with Gasteiger partial charge in [-0.25, -0.2) is 9.97 Å². The van der Waals surface area contributed by atoms with Gasteiger partial charge in [-0.3, -0.25) is 14.2 Å². The second-order valence-corrected chi connectivity index (χ2v) is 17.7. The van der Waals surface area contributed by atoms with E-state index in [9.17, 15) is 22.8 Å². The molecule has 2 aromatic heterocycles. The molecule has 2 aromatic carbocycles. The number of hydrogen-bond acceptors (Lipinski definition) is 7. The van der Waals surface area contributed by atoms with Crippen LogP contribution in [0.15, 0.2) is 70.7 Å². The number of rotatable bonds is 12. The van der Waals surface area contributed by atoms with Crippen molar-refractivity contribution in [1.82, 2.24) is 19.4 Å². The SMILES string of the molecule is COc1ccc(-n2cc3cnc(N(COCC[Si](C)(C)C)CC(F)(F)F)nc3c(-c3ccc(C(=O)/N=C\N(C)C)cc3)c2=O)cc1. The zero-order valence-electron chi connectivity index (χ0n) is 26.6.